The van der Waals surface area contributed by atoms with Gasteiger partial charge in [0, 0.05) is 13.0 Å². The molecule has 6 nitrogen and oxygen atoms in total. The summed E-state index contributed by atoms with van der Waals surface area (Å²) >= 11 is 0. The number of aromatic hydroxyl groups is 1. The van der Waals surface area contributed by atoms with Gasteiger partial charge in [-0.3, -0.25) is 0 Å². The van der Waals surface area contributed by atoms with Crippen LogP contribution in [0.4, 0.5) is 0 Å². The summed E-state index contributed by atoms with van der Waals surface area (Å²) in [4.78, 5) is 10.6. The molecule has 0 saturated heterocycles. The Bertz CT molecular complexity index is 640. The number of sulfonamides is 1. The van der Waals surface area contributed by atoms with E-state index in [2.05, 4.69) is 16.6 Å². The Morgan fingerprint density at radius 1 is 1.42 bits per heavy atom. The molecule has 0 fully saturated rings. The topological polar surface area (TPSA) is 104 Å². The van der Waals surface area contributed by atoms with E-state index in [1.807, 2.05) is 0 Å². The molecule has 7 heteroatoms. The zero-order valence-corrected chi connectivity index (χ0v) is 11.0. The molecular weight excluding hydrogens is 270 g/mol. The molecule has 0 aliphatic carbocycles. The molecule has 0 heterocycles. The summed E-state index contributed by atoms with van der Waals surface area (Å²) in [7, 11) is -3.81. The summed E-state index contributed by atoms with van der Waals surface area (Å²) < 4.78 is 26.0. The Morgan fingerprint density at radius 3 is 2.68 bits per heavy atom. The third-order valence-corrected chi connectivity index (χ3v) is 3.69. The Labute approximate surface area is 111 Å². The number of nitrogens with one attached hydrogen (secondary N) is 1. The highest BCUT2D eigenvalue weighted by atomic mass is 32.2. The minimum Gasteiger partial charge on any atom is -0.507 e. The molecule has 0 unspecified atom stereocenters. The fourth-order valence-corrected chi connectivity index (χ4v) is 2.37. The quantitative estimate of drug-likeness (QED) is 0.547. The second kappa shape index (κ2) is 6.22. The molecule has 0 spiro atoms. The molecule has 1 aromatic carbocycles. The van der Waals surface area contributed by atoms with E-state index in [-0.39, 0.29) is 11.4 Å². The molecule has 0 radical (unpaired) electrons. The minimum atomic E-state index is -3.81. The molecule has 0 aliphatic heterocycles. The van der Waals surface area contributed by atoms with Crippen LogP contribution in [0.1, 0.15) is 23.7 Å². The highest BCUT2D eigenvalue weighted by molar-refractivity contribution is 7.89. The molecule has 0 aliphatic rings. The molecule has 0 aromatic heterocycles. The highest BCUT2D eigenvalue weighted by Crippen LogP contribution is 2.21. The van der Waals surface area contributed by atoms with Gasteiger partial charge in [-0.05, 0) is 25.1 Å². The first kappa shape index (κ1) is 15.0. The van der Waals surface area contributed by atoms with Crippen LogP contribution in [-0.2, 0) is 10.0 Å². The number of phenols is 1. The molecule has 3 N–H and O–H groups in total. The van der Waals surface area contributed by atoms with Crippen molar-refractivity contribution in [1.82, 2.24) is 4.72 Å². The molecule has 0 atom stereocenters. The summed E-state index contributed by atoms with van der Waals surface area (Å²) in [6.07, 6.45) is 0.361. The lowest BCUT2D eigenvalue weighted by atomic mass is 10.2. The highest BCUT2D eigenvalue weighted by Gasteiger charge is 2.18. The molecular formula is C12H13NO5S. The van der Waals surface area contributed by atoms with Crippen LogP contribution >= 0.6 is 0 Å². The van der Waals surface area contributed by atoms with Gasteiger partial charge in [-0.2, -0.15) is 0 Å². The fraction of sp³-hybridized carbons (Fsp3) is 0.250. The van der Waals surface area contributed by atoms with Gasteiger partial charge in [-0.1, -0.05) is 0 Å². The van der Waals surface area contributed by atoms with Gasteiger partial charge in [0.1, 0.15) is 11.3 Å². The van der Waals surface area contributed by atoms with Gasteiger partial charge in [-0.25, -0.2) is 17.9 Å². The zero-order chi connectivity index (χ0) is 14.5. The van der Waals surface area contributed by atoms with Crippen molar-refractivity contribution in [2.45, 2.75) is 18.2 Å². The number of carboxylic acid groups (broad SMARTS) is 1. The number of aromatic carboxylic acids is 1. The van der Waals surface area contributed by atoms with Gasteiger partial charge in [0.05, 0.1) is 4.90 Å². The molecule has 102 valence electrons. The van der Waals surface area contributed by atoms with Gasteiger partial charge < -0.3 is 10.2 Å². The molecule has 0 bridgehead atoms. The summed E-state index contributed by atoms with van der Waals surface area (Å²) in [5.74, 6) is 3.45. The Hall–Kier alpha value is -2.04. The van der Waals surface area contributed by atoms with Crippen LogP contribution in [0.2, 0.25) is 0 Å². The van der Waals surface area contributed by atoms with Crippen LogP contribution in [0.25, 0.3) is 0 Å². The van der Waals surface area contributed by atoms with Gasteiger partial charge in [0.15, 0.2) is 0 Å². The van der Waals surface area contributed by atoms with Crippen LogP contribution in [0.15, 0.2) is 23.1 Å². The van der Waals surface area contributed by atoms with Crippen LogP contribution < -0.4 is 4.72 Å². The second-order valence-electron chi connectivity index (χ2n) is 3.56. The van der Waals surface area contributed by atoms with Crippen molar-refractivity contribution < 1.29 is 23.4 Å². The predicted molar refractivity (Wildman–Crippen MR) is 68.3 cm³/mol. The van der Waals surface area contributed by atoms with Crippen LogP contribution in [0.3, 0.4) is 0 Å². The summed E-state index contributed by atoms with van der Waals surface area (Å²) in [5.41, 5.74) is -0.462. The number of rotatable bonds is 5. The standard InChI is InChI=1S/C12H13NO5S/c1-2-3-4-7-13-19(17,18)9-5-6-11(14)10(8-9)12(15)16/h5-6,8,13-14H,4,7H2,1H3,(H,15,16). The first-order valence-electron chi connectivity index (χ1n) is 5.34. The lowest BCUT2D eigenvalue weighted by Gasteiger charge is -2.07. The van der Waals surface area contributed by atoms with Crippen LogP contribution in [0.5, 0.6) is 5.75 Å². The zero-order valence-electron chi connectivity index (χ0n) is 10.2. The number of hydrogen-bond acceptors (Lipinski definition) is 4. The Kier molecular flexibility index (Phi) is 4.92. The SMILES string of the molecule is CC#CCCNS(=O)(=O)c1ccc(O)c(C(=O)O)c1. The van der Waals surface area contributed by atoms with Gasteiger partial charge in [0.2, 0.25) is 10.0 Å². The van der Waals surface area contributed by atoms with Crippen molar-refractivity contribution in [3.63, 3.8) is 0 Å². The van der Waals surface area contributed by atoms with E-state index in [1.54, 1.807) is 6.92 Å². The first-order chi connectivity index (χ1) is 8.88. The molecule has 1 aromatic rings. The van der Waals surface area contributed by atoms with Gasteiger partial charge >= 0.3 is 5.97 Å². The molecule has 1 rings (SSSR count). The second-order valence-corrected chi connectivity index (χ2v) is 5.33. The monoisotopic (exact) mass is 283 g/mol. The fourth-order valence-electron chi connectivity index (χ4n) is 1.31. The summed E-state index contributed by atoms with van der Waals surface area (Å²) in [6, 6.07) is 3.07. The van der Waals surface area contributed by atoms with Crippen molar-refractivity contribution in [1.29, 1.82) is 0 Å². The smallest absolute Gasteiger partial charge is 0.339 e. The average molecular weight is 283 g/mol. The van der Waals surface area contributed by atoms with Crippen molar-refractivity contribution in [2.24, 2.45) is 0 Å². The lowest BCUT2D eigenvalue weighted by Crippen LogP contribution is -2.24. The third-order valence-electron chi connectivity index (χ3n) is 2.23. The van der Waals surface area contributed by atoms with E-state index in [0.717, 1.165) is 18.2 Å². The van der Waals surface area contributed by atoms with Crippen LogP contribution in [0, 0.1) is 11.8 Å². The van der Waals surface area contributed by atoms with E-state index < -0.39 is 27.3 Å². The normalized spacial score (nSPS) is 10.6. The Balaban J connectivity index is 2.97. The Morgan fingerprint density at radius 2 is 2.11 bits per heavy atom. The largest absolute Gasteiger partial charge is 0.507 e. The van der Waals surface area contributed by atoms with Gasteiger partial charge in [0.25, 0.3) is 0 Å². The first-order valence-corrected chi connectivity index (χ1v) is 6.82. The summed E-state index contributed by atoms with van der Waals surface area (Å²) in [6.45, 7) is 1.78. The number of benzene rings is 1. The van der Waals surface area contributed by atoms with Crippen molar-refractivity contribution in [3.05, 3.63) is 23.8 Å². The number of hydrogen-bond donors (Lipinski definition) is 3. The molecule has 19 heavy (non-hydrogen) atoms. The van der Waals surface area contributed by atoms with E-state index >= 15 is 0 Å². The number of carboxylic acids is 1. The maximum atomic E-state index is 11.8. The predicted octanol–water partition coefficient (Wildman–Crippen LogP) is 0.782. The average Bonchev–Trinajstić information content (AvgIpc) is 2.34. The van der Waals surface area contributed by atoms with Crippen LogP contribution in [-0.4, -0.2) is 31.1 Å². The molecule has 0 amide bonds. The van der Waals surface area contributed by atoms with E-state index in [9.17, 15) is 18.3 Å². The lowest BCUT2D eigenvalue weighted by molar-refractivity contribution is 0.0693. The van der Waals surface area contributed by atoms with Crippen molar-refractivity contribution in [2.75, 3.05) is 6.54 Å². The maximum Gasteiger partial charge on any atom is 0.339 e. The van der Waals surface area contributed by atoms with Gasteiger partial charge in [-0.15, -0.1) is 11.8 Å². The van der Waals surface area contributed by atoms with E-state index in [4.69, 9.17) is 5.11 Å². The maximum absolute atomic E-state index is 11.8. The van der Waals surface area contributed by atoms with Crippen molar-refractivity contribution >= 4 is 16.0 Å². The summed E-state index contributed by atoms with van der Waals surface area (Å²) in [5, 5.41) is 18.1. The van der Waals surface area contributed by atoms with E-state index in [0.29, 0.717) is 6.42 Å². The van der Waals surface area contributed by atoms with Crippen molar-refractivity contribution in [3.8, 4) is 17.6 Å². The number of carbonyl (C=O) groups is 1. The van der Waals surface area contributed by atoms with E-state index in [1.165, 1.54) is 0 Å². The molecule has 0 saturated carbocycles. The minimum absolute atomic E-state index is 0.131. The third kappa shape index (κ3) is 3.98.